The monoisotopic (exact) mass is 340 g/mol. The van der Waals surface area contributed by atoms with E-state index in [0.717, 1.165) is 39.1 Å². The zero-order valence-electron chi connectivity index (χ0n) is 14.5. The maximum atomic E-state index is 12.3. The Morgan fingerprint density at radius 3 is 2.56 bits per heavy atom. The van der Waals surface area contributed by atoms with Gasteiger partial charge in [-0.1, -0.05) is 25.1 Å². The second kappa shape index (κ2) is 7.94. The van der Waals surface area contributed by atoms with Crippen molar-refractivity contribution in [2.45, 2.75) is 13.3 Å². The van der Waals surface area contributed by atoms with E-state index >= 15 is 0 Å². The molecule has 7 heteroatoms. The molecule has 7 nitrogen and oxygen atoms in total. The van der Waals surface area contributed by atoms with Crippen molar-refractivity contribution in [3.63, 3.8) is 0 Å². The lowest BCUT2D eigenvalue weighted by Crippen LogP contribution is -2.47. The van der Waals surface area contributed by atoms with Gasteiger partial charge in [0, 0.05) is 38.1 Å². The number of nitrogens with one attached hydrogen (secondary N) is 1. The molecule has 3 rings (SSSR count). The van der Waals surface area contributed by atoms with Crippen LogP contribution in [-0.4, -0.2) is 53.5 Å². The number of para-hydroxylation sites is 1. The van der Waals surface area contributed by atoms with Crippen molar-refractivity contribution in [1.29, 1.82) is 0 Å². The molecule has 0 bridgehead atoms. The smallest absolute Gasteiger partial charge is 0.260 e. The van der Waals surface area contributed by atoms with Gasteiger partial charge in [0.2, 0.25) is 5.95 Å². The lowest BCUT2D eigenvalue weighted by atomic mass is 10.2. The van der Waals surface area contributed by atoms with E-state index in [4.69, 9.17) is 5.73 Å². The molecule has 132 valence electrons. The van der Waals surface area contributed by atoms with Crippen LogP contribution in [-0.2, 0) is 0 Å². The highest BCUT2D eigenvalue weighted by Crippen LogP contribution is 2.17. The fourth-order valence-corrected chi connectivity index (χ4v) is 2.92. The number of hydrogen-bond donors (Lipinski definition) is 2. The zero-order valence-corrected chi connectivity index (χ0v) is 14.5. The maximum absolute atomic E-state index is 12.3. The number of anilines is 3. The predicted octanol–water partition coefficient (Wildman–Crippen LogP) is 1.84. The molecule has 3 N–H and O–H groups in total. The van der Waals surface area contributed by atoms with Gasteiger partial charge in [-0.3, -0.25) is 9.69 Å². The first-order valence-electron chi connectivity index (χ1n) is 8.63. The molecule has 25 heavy (non-hydrogen) atoms. The molecule has 0 saturated carbocycles. The van der Waals surface area contributed by atoms with Gasteiger partial charge >= 0.3 is 0 Å². The third kappa shape index (κ3) is 4.24. The van der Waals surface area contributed by atoms with Crippen molar-refractivity contribution in [3.05, 3.63) is 42.1 Å². The van der Waals surface area contributed by atoms with Crippen LogP contribution in [0.1, 0.15) is 23.7 Å². The molecule has 0 spiro atoms. The zero-order chi connectivity index (χ0) is 17.6. The van der Waals surface area contributed by atoms with Gasteiger partial charge in [-0.15, -0.1) is 0 Å². The van der Waals surface area contributed by atoms with Gasteiger partial charge < -0.3 is 16.0 Å². The van der Waals surface area contributed by atoms with Crippen LogP contribution in [0.25, 0.3) is 0 Å². The third-order valence-corrected chi connectivity index (χ3v) is 4.28. The summed E-state index contributed by atoms with van der Waals surface area (Å²) in [6.45, 7) is 7.04. The number of nitrogens with two attached hydrogens (primary N) is 1. The predicted molar refractivity (Wildman–Crippen MR) is 99.8 cm³/mol. The average molecular weight is 340 g/mol. The maximum Gasteiger partial charge on any atom is 0.260 e. The van der Waals surface area contributed by atoms with Crippen molar-refractivity contribution in [3.8, 4) is 0 Å². The van der Waals surface area contributed by atoms with Gasteiger partial charge in [0.05, 0.1) is 0 Å². The Morgan fingerprint density at radius 1 is 1.20 bits per heavy atom. The molecule has 0 atom stereocenters. The summed E-state index contributed by atoms with van der Waals surface area (Å²) in [7, 11) is 0. The Labute approximate surface area is 147 Å². The molecule has 1 fully saturated rings. The number of amides is 1. The van der Waals surface area contributed by atoms with Crippen LogP contribution in [0.4, 0.5) is 17.5 Å². The largest absolute Gasteiger partial charge is 0.383 e. The molecule has 1 aliphatic rings. The van der Waals surface area contributed by atoms with Crippen molar-refractivity contribution in [2.24, 2.45) is 0 Å². The molecule has 2 aromatic rings. The Kier molecular flexibility index (Phi) is 5.45. The highest BCUT2D eigenvalue weighted by atomic mass is 16.1. The minimum atomic E-state index is -0.303. The minimum Gasteiger partial charge on any atom is -0.383 e. The molecule has 1 aromatic heterocycles. The fourth-order valence-electron chi connectivity index (χ4n) is 2.92. The van der Waals surface area contributed by atoms with Gasteiger partial charge in [-0.25, -0.2) is 4.98 Å². The van der Waals surface area contributed by atoms with Crippen molar-refractivity contribution >= 4 is 23.4 Å². The molecule has 1 aromatic carbocycles. The number of nitrogen functional groups attached to an aromatic ring is 1. The number of benzene rings is 1. The summed E-state index contributed by atoms with van der Waals surface area (Å²) >= 11 is 0. The van der Waals surface area contributed by atoms with Crippen LogP contribution in [0.3, 0.4) is 0 Å². The number of carbonyl (C=O) groups is 1. The normalized spacial score (nSPS) is 15.2. The van der Waals surface area contributed by atoms with Crippen LogP contribution >= 0.6 is 0 Å². The first-order chi connectivity index (χ1) is 12.2. The molecular formula is C18H24N6O. The summed E-state index contributed by atoms with van der Waals surface area (Å²) in [6.07, 6.45) is 2.67. The van der Waals surface area contributed by atoms with Crippen LogP contribution in [0, 0.1) is 0 Å². The summed E-state index contributed by atoms with van der Waals surface area (Å²) in [5.74, 6) is 0.488. The number of carbonyl (C=O) groups excluding carboxylic acids is 1. The van der Waals surface area contributed by atoms with E-state index < -0.39 is 0 Å². The van der Waals surface area contributed by atoms with Gasteiger partial charge in [-0.2, -0.15) is 4.98 Å². The second-order valence-corrected chi connectivity index (χ2v) is 6.12. The number of aromatic nitrogens is 2. The molecular weight excluding hydrogens is 316 g/mol. The lowest BCUT2D eigenvalue weighted by molar-refractivity contribution is 0.102. The first kappa shape index (κ1) is 17.2. The van der Waals surface area contributed by atoms with Crippen LogP contribution in [0.15, 0.2) is 36.5 Å². The van der Waals surface area contributed by atoms with E-state index in [1.54, 1.807) is 0 Å². The van der Waals surface area contributed by atoms with E-state index in [2.05, 4.69) is 32.0 Å². The van der Waals surface area contributed by atoms with Crippen molar-refractivity contribution in [1.82, 2.24) is 14.9 Å². The molecule has 0 aliphatic carbocycles. The summed E-state index contributed by atoms with van der Waals surface area (Å²) < 4.78 is 0. The highest BCUT2D eigenvalue weighted by molar-refractivity contribution is 6.07. The number of rotatable bonds is 5. The molecule has 0 radical (unpaired) electrons. The Morgan fingerprint density at radius 2 is 1.92 bits per heavy atom. The van der Waals surface area contributed by atoms with E-state index in [9.17, 15) is 4.79 Å². The van der Waals surface area contributed by atoms with Crippen LogP contribution in [0.2, 0.25) is 0 Å². The summed E-state index contributed by atoms with van der Waals surface area (Å²) in [6, 6.07) is 9.24. The van der Waals surface area contributed by atoms with Gasteiger partial charge in [0.1, 0.15) is 11.4 Å². The number of nitrogens with zero attached hydrogens (tertiary/aromatic N) is 4. The van der Waals surface area contributed by atoms with E-state index in [1.165, 1.54) is 6.20 Å². The molecule has 2 heterocycles. The Balaban J connectivity index is 1.66. The third-order valence-electron chi connectivity index (χ3n) is 4.28. The summed E-state index contributed by atoms with van der Waals surface area (Å²) in [5.41, 5.74) is 7.01. The minimum absolute atomic E-state index is 0.203. The Bertz CT molecular complexity index is 713. The van der Waals surface area contributed by atoms with Crippen LogP contribution < -0.4 is 16.0 Å². The summed E-state index contributed by atoms with van der Waals surface area (Å²) in [4.78, 5) is 25.6. The second-order valence-electron chi connectivity index (χ2n) is 6.12. The summed E-state index contributed by atoms with van der Waals surface area (Å²) in [5, 5.41) is 2.80. The van der Waals surface area contributed by atoms with E-state index in [1.807, 2.05) is 30.3 Å². The molecule has 1 saturated heterocycles. The van der Waals surface area contributed by atoms with E-state index in [-0.39, 0.29) is 17.3 Å². The fraction of sp³-hybridized carbons (Fsp3) is 0.389. The number of piperazine rings is 1. The first-order valence-corrected chi connectivity index (χ1v) is 8.63. The van der Waals surface area contributed by atoms with Gasteiger partial charge in [-0.05, 0) is 25.1 Å². The quantitative estimate of drug-likeness (QED) is 0.864. The van der Waals surface area contributed by atoms with Gasteiger partial charge in [0.15, 0.2) is 0 Å². The van der Waals surface area contributed by atoms with Crippen molar-refractivity contribution < 1.29 is 4.79 Å². The molecule has 0 unspecified atom stereocenters. The highest BCUT2D eigenvalue weighted by Gasteiger charge is 2.20. The topological polar surface area (TPSA) is 87.4 Å². The average Bonchev–Trinajstić information content (AvgIpc) is 2.63. The number of hydrogen-bond acceptors (Lipinski definition) is 6. The molecule has 1 amide bonds. The molecule has 1 aliphatic heterocycles. The van der Waals surface area contributed by atoms with E-state index in [0.29, 0.717) is 11.6 Å². The van der Waals surface area contributed by atoms with Crippen LogP contribution in [0.5, 0.6) is 0 Å². The Hall–Kier alpha value is -2.67. The standard InChI is InChI=1S/C18H24N6O/c1-2-8-23-9-11-24(12-10-23)18-20-13-15(16(19)22-18)17(25)21-14-6-4-3-5-7-14/h3-7,13H,2,8-12H2,1H3,(H,21,25)(H2,19,20,22). The van der Waals surface area contributed by atoms with Crippen molar-refractivity contribution in [2.75, 3.05) is 48.7 Å². The lowest BCUT2D eigenvalue weighted by Gasteiger charge is -2.34. The van der Waals surface area contributed by atoms with Gasteiger partial charge in [0.25, 0.3) is 5.91 Å². The SMILES string of the molecule is CCCN1CCN(c2ncc(C(=O)Nc3ccccc3)c(N)n2)CC1.